The third-order valence-corrected chi connectivity index (χ3v) is 0.503. The van der Waals surface area contributed by atoms with E-state index in [0.29, 0.717) is 6.54 Å². The lowest BCUT2D eigenvalue weighted by Crippen LogP contribution is -2.08. The van der Waals surface area contributed by atoms with Gasteiger partial charge in [-0.05, 0) is 6.92 Å². The van der Waals surface area contributed by atoms with E-state index in [2.05, 4.69) is 0 Å². The summed E-state index contributed by atoms with van der Waals surface area (Å²) in [6.45, 7) is 2.43. The standard InChI is InChI=1S/C3H8ClN.ClH/c1-3(4)2-5;/h3H,2,5H2,1H3;1H/t3-;/m0./s1. The third kappa shape index (κ3) is 8.82. The molecule has 1 nitrogen and oxygen atoms in total. The Balaban J connectivity index is 0. The van der Waals surface area contributed by atoms with Crippen LogP contribution < -0.4 is 5.73 Å². The van der Waals surface area contributed by atoms with Crippen molar-refractivity contribution < 1.29 is 0 Å². The summed E-state index contributed by atoms with van der Waals surface area (Å²) >= 11 is 5.34. The minimum atomic E-state index is 0. The van der Waals surface area contributed by atoms with E-state index < -0.39 is 0 Å². The van der Waals surface area contributed by atoms with Crippen LogP contribution in [0.15, 0.2) is 0 Å². The van der Waals surface area contributed by atoms with Crippen LogP contribution in [0.2, 0.25) is 0 Å². The molecule has 40 valence electrons. The molecule has 0 aromatic rings. The molecule has 0 amide bonds. The van der Waals surface area contributed by atoms with Gasteiger partial charge < -0.3 is 5.73 Å². The largest absolute Gasteiger partial charge is 0.329 e. The minimum absolute atomic E-state index is 0. The molecule has 0 rings (SSSR count). The highest BCUT2D eigenvalue weighted by atomic mass is 35.5. The molecule has 0 heterocycles. The van der Waals surface area contributed by atoms with E-state index in [0.717, 1.165) is 0 Å². The van der Waals surface area contributed by atoms with Crippen LogP contribution in [-0.2, 0) is 0 Å². The molecule has 0 bridgehead atoms. The number of halogens is 2. The van der Waals surface area contributed by atoms with E-state index in [1.165, 1.54) is 0 Å². The van der Waals surface area contributed by atoms with Crippen molar-refractivity contribution in [3.63, 3.8) is 0 Å². The Kier molecular flexibility index (Phi) is 8.99. The number of nitrogens with two attached hydrogens (primary N) is 1. The molecule has 3 heteroatoms. The SMILES string of the molecule is C[C@H](Cl)CN.Cl. The van der Waals surface area contributed by atoms with Gasteiger partial charge in [0.05, 0.1) is 0 Å². The van der Waals surface area contributed by atoms with Crippen LogP contribution in [-0.4, -0.2) is 11.9 Å². The lowest BCUT2D eigenvalue weighted by atomic mass is 10.5. The lowest BCUT2D eigenvalue weighted by Gasteiger charge is -1.88. The topological polar surface area (TPSA) is 26.0 Å². The normalized spacial score (nSPS) is 12.5. The first-order valence-corrected chi connectivity index (χ1v) is 2.05. The molecule has 0 aliphatic heterocycles. The van der Waals surface area contributed by atoms with E-state index in [9.17, 15) is 0 Å². The maximum atomic E-state index is 5.34. The Morgan fingerprint density at radius 2 is 2.00 bits per heavy atom. The second-order valence-electron chi connectivity index (χ2n) is 1.02. The zero-order valence-electron chi connectivity index (χ0n) is 3.65. The molecule has 0 aliphatic carbocycles. The molecule has 2 N–H and O–H groups in total. The van der Waals surface area contributed by atoms with Gasteiger partial charge in [-0.25, -0.2) is 0 Å². The van der Waals surface area contributed by atoms with Crippen molar-refractivity contribution in [2.45, 2.75) is 12.3 Å². The first kappa shape index (κ1) is 9.74. The highest BCUT2D eigenvalue weighted by Crippen LogP contribution is 1.84. The van der Waals surface area contributed by atoms with Crippen LogP contribution >= 0.6 is 24.0 Å². The van der Waals surface area contributed by atoms with Gasteiger partial charge in [0.1, 0.15) is 0 Å². The zero-order valence-corrected chi connectivity index (χ0v) is 5.22. The molecule has 0 aromatic carbocycles. The van der Waals surface area contributed by atoms with Crippen molar-refractivity contribution in [1.82, 2.24) is 0 Å². The van der Waals surface area contributed by atoms with Crippen molar-refractivity contribution >= 4 is 24.0 Å². The van der Waals surface area contributed by atoms with Gasteiger partial charge in [0, 0.05) is 11.9 Å². The van der Waals surface area contributed by atoms with E-state index in [-0.39, 0.29) is 17.8 Å². The van der Waals surface area contributed by atoms with E-state index in [4.69, 9.17) is 17.3 Å². The highest BCUT2D eigenvalue weighted by Gasteiger charge is 1.83. The molecule has 6 heavy (non-hydrogen) atoms. The van der Waals surface area contributed by atoms with Crippen LogP contribution in [0.4, 0.5) is 0 Å². The van der Waals surface area contributed by atoms with Crippen LogP contribution in [0.25, 0.3) is 0 Å². The maximum absolute atomic E-state index is 5.34. The molecule has 0 saturated heterocycles. The van der Waals surface area contributed by atoms with Gasteiger partial charge in [-0.1, -0.05) is 0 Å². The Bertz CT molecular complexity index is 22.8. The Morgan fingerprint density at radius 1 is 1.83 bits per heavy atom. The fourth-order valence-electron chi connectivity index (χ4n) is 0. The average molecular weight is 130 g/mol. The Morgan fingerprint density at radius 3 is 2.00 bits per heavy atom. The predicted octanol–water partition coefficient (Wildman–Crippen LogP) is 0.994. The molecule has 0 radical (unpaired) electrons. The van der Waals surface area contributed by atoms with Gasteiger partial charge in [0.25, 0.3) is 0 Å². The van der Waals surface area contributed by atoms with Crippen LogP contribution in [0.1, 0.15) is 6.92 Å². The number of hydrogen-bond acceptors (Lipinski definition) is 1. The number of rotatable bonds is 1. The number of alkyl halides is 1. The van der Waals surface area contributed by atoms with Gasteiger partial charge in [-0.15, -0.1) is 24.0 Å². The Labute approximate surface area is 49.3 Å². The van der Waals surface area contributed by atoms with Crippen molar-refractivity contribution in [1.29, 1.82) is 0 Å². The van der Waals surface area contributed by atoms with Gasteiger partial charge in [-0.2, -0.15) is 0 Å². The van der Waals surface area contributed by atoms with E-state index >= 15 is 0 Å². The quantitative estimate of drug-likeness (QED) is 0.526. The fraction of sp³-hybridized carbons (Fsp3) is 1.00. The summed E-state index contributed by atoms with van der Waals surface area (Å²) < 4.78 is 0. The van der Waals surface area contributed by atoms with E-state index in [1.807, 2.05) is 6.92 Å². The second-order valence-corrected chi connectivity index (χ2v) is 1.76. The predicted molar refractivity (Wildman–Crippen MR) is 31.6 cm³/mol. The van der Waals surface area contributed by atoms with E-state index in [1.54, 1.807) is 0 Å². The summed E-state index contributed by atoms with van der Waals surface area (Å²) in [7, 11) is 0. The summed E-state index contributed by atoms with van der Waals surface area (Å²) in [5, 5.41) is 0.134. The molecule has 0 fully saturated rings. The summed E-state index contributed by atoms with van der Waals surface area (Å²) in [5.41, 5.74) is 5.04. The maximum Gasteiger partial charge on any atom is 0.0430 e. The molecule has 0 unspecified atom stereocenters. The smallest absolute Gasteiger partial charge is 0.0430 e. The highest BCUT2D eigenvalue weighted by molar-refractivity contribution is 6.20. The van der Waals surface area contributed by atoms with Crippen molar-refractivity contribution in [2.24, 2.45) is 5.73 Å². The van der Waals surface area contributed by atoms with Crippen molar-refractivity contribution in [3.05, 3.63) is 0 Å². The van der Waals surface area contributed by atoms with Gasteiger partial charge >= 0.3 is 0 Å². The molecule has 1 atom stereocenters. The monoisotopic (exact) mass is 129 g/mol. The molecule has 0 aromatic heterocycles. The molecule has 0 saturated carbocycles. The van der Waals surface area contributed by atoms with Gasteiger partial charge in [0.15, 0.2) is 0 Å². The first-order valence-electron chi connectivity index (χ1n) is 1.61. The van der Waals surface area contributed by atoms with Crippen LogP contribution in [0.3, 0.4) is 0 Å². The van der Waals surface area contributed by atoms with Crippen molar-refractivity contribution in [3.8, 4) is 0 Å². The molecular weight excluding hydrogens is 121 g/mol. The molecule has 0 aliphatic rings. The Hall–Kier alpha value is 0.540. The molecular formula is C3H9Cl2N. The summed E-state index contributed by atoms with van der Waals surface area (Å²) in [4.78, 5) is 0. The van der Waals surface area contributed by atoms with Gasteiger partial charge in [0.2, 0.25) is 0 Å². The molecule has 0 spiro atoms. The van der Waals surface area contributed by atoms with Crippen molar-refractivity contribution in [2.75, 3.05) is 6.54 Å². The summed E-state index contributed by atoms with van der Waals surface area (Å²) in [6, 6.07) is 0. The summed E-state index contributed by atoms with van der Waals surface area (Å²) in [5.74, 6) is 0. The van der Waals surface area contributed by atoms with Crippen LogP contribution in [0, 0.1) is 0 Å². The number of hydrogen-bond donors (Lipinski definition) is 1. The lowest BCUT2D eigenvalue weighted by molar-refractivity contribution is 0.941. The van der Waals surface area contributed by atoms with Gasteiger partial charge in [-0.3, -0.25) is 0 Å². The summed E-state index contributed by atoms with van der Waals surface area (Å²) in [6.07, 6.45) is 0. The first-order chi connectivity index (χ1) is 2.27. The fourth-order valence-corrected chi connectivity index (χ4v) is 0. The zero-order chi connectivity index (χ0) is 4.28. The second kappa shape index (κ2) is 5.54. The minimum Gasteiger partial charge on any atom is -0.329 e. The average Bonchev–Trinajstić information content (AvgIpc) is 1.38. The third-order valence-electron chi connectivity index (χ3n) is 0.325. The van der Waals surface area contributed by atoms with Crippen LogP contribution in [0.5, 0.6) is 0 Å².